The molecule has 44 valence electrons. The molecule has 0 bridgehead atoms. The number of hydrogen-bond acceptors (Lipinski definition) is 1. The smallest absolute Gasteiger partial charge is 0.155 e. The summed E-state index contributed by atoms with van der Waals surface area (Å²) >= 11 is 1.76. The summed E-state index contributed by atoms with van der Waals surface area (Å²) in [5.74, 6) is 0. The Morgan fingerprint density at radius 2 is 2.38 bits per heavy atom. The van der Waals surface area contributed by atoms with Gasteiger partial charge in [-0.1, -0.05) is 0 Å². The van der Waals surface area contributed by atoms with Gasteiger partial charge in [-0.3, -0.25) is 0 Å². The van der Waals surface area contributed by atoms with Crippen LogP contribution in [0.3, 0.4) is 0 Å². The average Bonchev–Trinajstić information content (AvgIpc) is 2.14. The van der Waals surface area contributed by atoms with Crippen LogP contribution in [0, 0.1) is 0 Å². The van der Waals surface area contributed by atoms with Crippen molar-refractivity contribution in [3.63, 3.8) is 0 Å². The van der Waals surface area contributed by atoms with E-state index < -0.39 is 0 Å². The highest BCUT2D eigenvalue weighted by molar-refractivity contribution is 8.01. The summed E-state index contributed by atoms with van der Waals surface area (Å²) in [5, 5.41) is 7.87. The van der Waals surface area contributed by atoms with E-state index in [0.717, 1.165) is 12.8 Å². The monoisotopic (exact) mass is 129 g/mol. The lowest BCUT2D eigenvalue weighted by atomic mass is 9.99. The summed E-state index contributed by atoms with van der Waals surface area (Å²) in [5.41, 5.74) is 0. The molecule has 0 aromatic rings. The van der Waals surface area contributed by atoms with Crippen LogP contribution in [-0.2, 0) is 0 Å². The highest BCUT2D eigenvalue weighted by atomic mass is 32.2. The van der Waals surface area contributed by atoms with Gasteiger partial charge in [-0.25, -0.2) is 0 Å². The maximum Gasteiger partial charge on any atom is 0.155 e. The minimum atomic E-state index is 0.324. The quantitative estimate of drug-likeness (QED) is 0.363. The largest absolute Gasteiger partial charge is 0.445 e. The van der Waals surface area contributed by atoms with Crippen LogP contribution < -0.4 is 0 Å². The van der Waals surface area contributed by atoms with Crippen LogP contribution in [0.15, 0.2) is 0 Å². The summed E-state index contributed by atoms with van der Waals surface area (Å²) in [6, 6.07) is 0. The molecule has 0 saturated carbocycles. The second-order valence-corrected chi connectivity index (χ2v) is 3.62. The van der Waals surface area contributed by atoms with Gasteiger partial charge in [0.2, 0.25) is 0 Å². The number of hydrogen-bond donors (Lipinski definition) is 0. The van der Waals surface area contributed by atoms with Gasteiger partial charge in [0.05, 0.1) is 13.1 Å². The first-order valence-electron chi connectivity index (χ1n) is 2.88. The zero-order valence-corrected chi connectivity index (χ0v) is 5.58. The van der Waals surface area contributed by atoms with E-state index in [0.29, 0.717) is 17.0 Å². The molecule has 0 amide bonds. The van der Waals surface area contributed by atoms with E-state index in [-0.39, 0.29) is 0 Å². The van der Waals surface area contributed by atoms with Crippen molar-refractivity contribution in [3.8, 4) is 0 Å². The lowest BCUT2D eigenvalue weighted by Gasteiger charge is -1.99. The minimum Gasteiger partial charge on any atom is -0.445 e. The normalized spacial score (nSPS) is 38.1. The first-order valence-corrected chi connectivity index (χ1v) is 3.83. The van der Waals surface area contributed by atoms with Crippen molar-refractivity contribution in [2.45, 2.75) is 23.2 Å². The molecule has 1 heterocycles. The standard InChI is InChI=1S/C5H9BOS/c6-5-2-1-4(3-7)8-5/h4-5,7H,1-3H2/p+1. The molecule has 1 fully saturated rings. The fourth-order valence-corrected chi connectivity index (χ4v) is 2.02. The van der Waals surface area contributed by atoms with Crippen molar-refractivity contribution in [1.29, 1.82) is 0 Å². The fraction of sp³-hybridized carbons (Fsp3) is 1.00. The molecular formula is C5H10BOS+. The van der Waals surface area contributed by atoms with Crippen molar-refractivity contribution >= 4 is 19.6 Å². The molecule has 0 spiro atoms. The molecule has 8 heavy (non-hydrogen) atoms. The van der Waals surface area contributed by atoms with Gasteiger partial charge in [0.25, 0.3) is 0 Å². The van der Waals surface area contributed by atoms with Crippen LogP contribution in [0.25, 0.3) is 0 Å². The Morgan fingerprint density at radius 3 is 2.62 bits per heavy atom. The SMILES string of the molecule is [B]C1CCC(C[OH2+])S1. The Hall–Kier alpha value is 0.375. The van der Waals surface area contributed by atoms with Gasteiger partial charge in [-0.15, -0.1) is 0 Å². The molecule has 1 aliphatic rings. The third kappa shape index (κ3) is 1.42. The van der Waals surface area contributed by atoms with Gasteiger partial charge >= 0.3 is 0 Å². The molecule has 0 aromatic heterocycles. The maximum atomic E-state index is 7.01. The molecule has 0 aromatic carbocycles. The van der Waals surface area contributed by atoms with E-state index in [1.807, 2.05) is 0 Å². The van der Waals surface area contributed by atoms with Gasteiger partial charge < -0.3 is 5.11 Å². The maximum absolute atomic E-state index is 7.01. The first kappa shape index (κ1) is 6.49. The Balaban J connectivity index is 2.22. The highest BCUT2D eigenvalue weighted by Crippen LogP contribution is 2.30. The van der Waals surface area contributed by atoms with Crippen molar-refractivity contribution in [2.75, 3.05) is 6.61 Å². The van der Waals surface area contributed by atoms with Crippen LogP contribution >= 0.6 is 11.8 Å². The van der Waals surface area contributed by atoms with E-state index in [2.05, 4.69) is 0 Å². The number of rotatable bonds is 1. The van der Waals surface area contributed by atoms with Crippen molar-refractivity contribution in [3.05, 3.63) is 0 Å². The van der Waals surface area contributed by atoms with E-state index in [4.69, 9.17) is 13.0 Å². The lowest BCUT2D eigenvalue weighted by molar-refractivity contribution is 0.292. The fourth-order valence-electron chi connectivity index (χ4n) is 0.884. The molecule has 2 radical (unpaired) electrons. The van der Waals surface area contributed by atoms with Crippen LogP contribution in [0.4, 0.5) is 0 Å². The summed E-state index contributed by atoms with van der Waals surface area (Å²) in [4.78, 5) is 0. The Labute approximate surface area is 55.3 Å². The minimum absolute atomic E-state index is 0.324. The van der Waals surface area contributed by atoms with Crippen LogP contribution in [0.2, 0.25) is 0 Å². The molecular weight excluding hydrogens is 119 g/mol. The molecule has 3 heteroatoms. The van der Waals surface area contributed by atoms with Crippen molar-refractivity contribution < 1.29 is 5.11 Å². The highest BCUT2D eigenvalue weighted by Gasteiger charge is 2.21. The van der Waals surface area contributed by atoms with Gasteiger partial charge in [0, 0.05) is 0 Å². The third-order valence-electron chi connectivity index (χ3n) is 1.37. The summed E-state index contributed by atoms with van der Waals surface area (Å²) in [6.07, 6.45) is 2.25. The van der Waals surface area contributed by atoms with Crippen molar-refractivity contribution in [1.82, 2.24) is 0 Å². The lowest BCUT2D eigenvalue weighted by Crippen LogP contribution is -2.02. The Kier molecular flexibility index (Phi) is 2.26. The molecule has 1 nitrogen and oxygen atoms in total. The zero-order valence-electron chi connectivity index (χ0n) is 4.76. The van der Waals surface area contributed by atoms with E-state index in [9.17, 15) is 0 Å². The predicted molar refractivity (Wildman–Crippen MR) is 38.6 cm³/mol. The molecule has 1 aliphatic heterocycles. The molecule has 0 aliphatic carbocycles. The Bertz CT molecular complexity index is 78.8. The second-order valence-electron chi connectivity index (χ2n) is 2.08. The van der Waals surface area contributed by atoms with E-state index in [1.54, 1.807) is 11.8 Å². The molecule has 2 N–H and O–H groups in total. The number of thioether (sulfide) groups is 1. The summed E-state index contributed by atoms with van der Waals surface area (Å²) in [7, 11) is 5.58. The van der Waals surface area contributed by atoms with Gasteiger partial charge in [-0.05, 0) is 18.0 Å². The predicted octanol–water partition coefficient (Wildman–Crippen LogP) is 0.101. The molecule has 1 saturated heterocycles. The van der Waals surface area contributed by atoms with Crippen LogP contribution in [-0.4, -0.2) is 30.0 Å². The topological polar surface area (TPSA) is 22.9 Å². The zero-order chi connectivity index (χ0) is 5.98. The molecule has 2 atom stereocenters. The summed E-state index contributed by atoms with van der Waals surface area (Å²) < 4.78 is 0. The molecule has 2 unspecified atom stereocenters. The third-order valence-corrected chi connectivity index (χ3v) is 2.74. The van der Waals surface area contributed by atoms with Crippen LogP contribution in [0.1, 0.15) is 12.8 Å². The second kappa shape index (κ2) is 2.78. The summed E-state index contributed by atoms with van der Waals surface area (Å²) in [6.45, 7) is 0.540. The average molecular weight is 129 g/mol. The van der Waals surface area contributed by atoms with E-state index in [1.165, 1.54) is 0 Å². The van der Waals surface area contributed by atoms with E-state index >= 15 is 0 Å². The van der Waals surface area contributed by atoms with Gasteiger partial charge in [0.15, 0.2) is 6.61 Å². The first-order chi connectivity index (χ1) is 3.83. The Morgan fingerprint density at radius 1 is 1.62 bits per heavy atom. The van der Waals surface area contributed by atoms with Crippen LogP contribution in [0.5, 0.6) is 0 Å². The molecule has 1 rings (SSSR count). The van der Waals surface area contributed by atoms with Gasteiger partial charge in [0.1, 0.15) is 0 Å². The van der Waals surface area contributed by atoms with Gasteiger partial charge in [-0.2, -0.15) is 11.8 Å². The van der Waals surface area contributed by atoms with Crippen molar-refractivity contribution in [2.24, 2.45) is 0 Å².